The molecule has 0 spiro atoms. The van der Waals surface area contributed by atoms with Crippen LogP contribution < -0.4 is 24.5 Å². The molecule has 1 fully saturated rings. The Morgan fingerprint density at radius 1 is 0.936 bits per heavy atom. The highest BCUT2D eigenvalue weighted by molar-refractivity contribution is 7.92. The lowest BCUT2D eigenvalue weighted by Crippen LogP contribution is -2.35. The van der Waals surface area contributed by atoms with Gasteiger partial charge in [0.05, 0.1) is 42.1 Å². The van der Waals surface area contributed by atoms with Crippen molar-refractivity contribution in [1.29, 1.82) is 0 Å². The van der Waals surface area contributed by atoms with Crippen molar-refractivity contribution in [3.05, 3.63) is 120 Å². The predicted octanol–water partition coefficient (Wildman–Crippen LogP) is 4.53. The average molecular weight is 657 g/mol. The molecule has 0 bridgehead atoms. The normalized spacial score (nSPS) is 14.4. The van der Waals surface area contributed by atoms with E-state index in [1.165, 1.54) is 29.8 Å². The molecule has 1 heterocycles. The van der Waals surface area contributed by atoms with Gasteiger partial charge < -0.3 is 19.5 Å². The van der Waals surface area contributed by atoms with Crippen molar-refractivity contribution < 1.29 is 32.2 Å². The maximum Gasteiger partial charge on any atom is 0.273 e. The fourth-order valence-corrected chi connectivity index (χ4v) is 6.39. The Morgan fingerprint density at radius 3 is 2.34 bits per heavy atom. The summed E-state index contributed by atoms with van der Waals surface area (Å²) in [5.74, 6) is 0.206. The van der Waals surface area contributed by atoms with Crippen molar-refractivity contribution in [2.75, 3.05) is 31.2 Å². The number of ether oxygens (including phenoxy) is 3. The second kappa shape index (κ2) is 15.9. The van der Waals surface area contributed by atoms with Gasteiger partial charge in [0.15, 0.2) is 6.61 Å². The number of carbonyl (C=O) groups excluding carboxylic acids is 2. The van der Waals surface area contributed by atoms with Crippen LogP contribution in [0.15, 0.2) is 113 Å². The molecule has 0 radical (unpaired) electrons. The number of rotatable bonds is 14. The molecule has 4 aromatic rings. The summed E-state index contributed by atoms with van der Waals surface area (Å²) in [7, 11) is -2.60. The van der Waals surface area contributed by atoms with Crippen molar-refractivity contribution in [1.82, 2.24) is 10.7 Å². The molecule has 2 N–H and O–H groups in total. The SMILES string of the molecule is COc1ccc(S(=O)(=O)N(Cc2ccccc2)c2ccccc2C(=O)N/N=C\c2ccc(OCC(=O)NC[C@H]3CCCO3)cc2)cc1. The highest BCUT2D eigenvalue weighted by atomic mass is 32.2. The summed E-state index contributed by atoms with van der Waals surface area (Å²) < 4.78 is 45.5. The number of benzene rings is 4. The van der Waals surface area contributed by atoms with Gasteiger partial charge in [0, 0.05) is 13.2 Å². The maximum absolute atomic E-state index is 14.0. The van der Waals surface area contributed by atoms with E-state index in [0.29, 0.717) is 23.6 Å². The largest absolute Gasteiger partial charge is 0.497 e. The molecule has 244 valence electrons. The fraction of sp³-hybridized carbons (Fsp3) is 0.229. The second-order valence-corrected chi connectivity index (χ2v) is 12.5. The van der Waals surface area contributed by atoms with Crippen LogP contribution in [0.3, 0.4) is 0 Å². The minimum atomic E-state index is -4.10. The maximum atomic E-state index is 14.0. The molecule has 4 aromatic carbocycles. The third-order valence-electron chi connectivity index (χ3n) is 7.41. The first-order valence-corrected chi connectivity index (χ1v) is 16.5. The number of carbonyl (C=O) groups is 2. The number of hydrogen-bond acceptors (Lipinski definition) is 8. The summed E-state index contributed by atoms with van der Waals surface area (Å²) in [6, 6.07) is 28.5. The molecule has 2 amide bonds. The third kappa shape index (κ3) is 8.96. The van der Waals surface area contributed by atoms with E-state index in [-0.39, 0.29) is 41.3 Å². The molecule has 0 aliphatic carbocycles. The number of hydrazone groups is 1. The van der Waals surface area contributed by atoms with Gasteiger partial charge in [-0.2, -0.15) is 5.10 Å². The van der Waals surface area contributed by atoms with Crippen molar-refractivity contribution in [2.45, 2.75) is 30.4 Å². The van der Waals surface area contributed by atoms with Crippen LogP contribution >= 0.6 is 0 Å². The van der Waals surface area contributed by atoms with Gasteiger partial charge in [-0.25, -0.2) is 13.8 Å². The van der Waals surface area contributed by atoms with E-state index in [1.54, 1.807) is 60.7 Å². The van der Waals surface area contributed by atoms with Crippen molar-refractivity contribution >= 4 is 33.7 Å². The average Bonchev–Trinajstić information content (AvgIpc) is 3.64. The molecule has 1 aliphatic rings. The summed E-state index contributed by atoms with van der Waals surface area (Å²) in [6.45, 7) is 1.07. The Kier molecular flexibility index (Phi) is 11.2. The number of methoxy groups -OCH3 is 1. The number of hydrogen-bond donors (Lipinski definition) is 2. The summed E-state index contributed by atoms with van der Waals surface area (Å²) in [5.41, 5.74) is 4.23. The van der Waals surface area contributed by atoms with E-state index in [9.17, 15) is 18.0 Å². The molecular weight excluding hydrogens is 620 g/mol. The highest BCUT2D eigenvalue weighted by Gasteiger charge is 2.29. The molecule has 0 unspecified atom stereocenters. The molecule has 1 saturated heterocycles. The first kappa shape index (κ1) is 33.2. The smallest absolute Gasteiger partial charge is 0.273 e. The number of sulfonamides is 1. The van der Waals surface area contributed by atoms with Gasteiger partial charge in [0.2, 0.25) is 0 Å². The minimum absolute atomic E-state index is 0.00617. The first-order valence-electron chi connectivity index (χ1n) is 15.1. The van der Waals surface area contributed by atoms with Gasteiger partial charge in [-0.15, -0.1) is 0 Å². The molecule has 0 saturated carbocycles. The summed E-state index contributed by atoms with van der Waals surface area (Å²) in [6.07, 6.45) is 3.46. The van der Waals surface area contributed by atoms with E-state index in [4.69, 9.17) is 14.2 Å². The van der Waals surface area contributed by atoms with Crippen LogP contribution in [0, 0.1) is 0 Å². The Labute approximate surface area is 274 Å². The molecule has 11 nitrogen and oxygen atoms in total. The molecule has 0 aromatic heterocycles. The number of nitrogens with zero attached hydrogens (tertiary/aromatic N) is 2. The van der Waals surface area contributed by atoms with E-state index in [2.05, 4.69) is 15.8 Å². The summed E-state index contributed by atoms with van der Waals surface area (Å²) >= 11 is 0. The number of amides is 2. The Bertz CT molecular complexity index is 1780. The molecule has 12 heteroatoms. The van der Waals surface area contributed by atoms with E-state index < -0.39 is 15.9 Å². The zero-order valence-electron chi connectivity index (χ0n) is 25.9. The van der Waals surface area contributed by atoms with Crippen LogP contribution in [0.25, 0.3) is 0 Å². The summed E-state index contributed by atoms with van der Waals surface area (Å²) in [5, 5.41) is 6.89. The van der Waals surface area contributed by atoms with Crippen LogP contribution in [0.5, 0.6) is 11.5 Å². The first-order chi connectivity index (χ1) is 22.8. The van der Waals surface area contributed by atoms with Crippen LogP contribution in [0.1, 0.15) is 34.3 Å². The highest BCUT2D eigenvalue weighted by Crippen LogP contribution is 2.30. The Hall–Kier alpha value is -5.20. The van der Waals surface area contributed by atoms with Crippen molar-refractivity contribution in [3.63, 3.8) is 0 Å². The second-order valence-electron chi connectivity index (χ2n) is 10.7. The van der Waals surface area contributed by atoms with Gasteiger partial charge in [0.25, 0.3) is 21.8 Å². The molecule has 47 heavy (non-hydrogen) atoms. The minimum Gasteiger partial charge on any atom is -0.497 e. The van der Waals surface area contributed by atoms with Crippen molar-refractivity contribution in [2.24, 2.45) is 5.10 Å². The lowest BCUT2D eigenvalue weighted by atomic mass is 10.1. The van der Waals surface area contributed by atoms with Crippen LogP contribution in [-0.4, -0.2) is 59.4 Å². The molecule has 1 atom stereocenters. The molecule has 5 rings (SSSR count). The van der Waals surface area contributed by atoms with Gasteiger partial charge in [-0.05, 0) is 84.6 Å². The monoisotopic (exact) mass is 656 g/mol. The van der Waals surface area contributed by atoms with Gasteiger partial charge in [-0.3, -0.25) is 13.9 Å². The van der Waals surface area contributed by atoms with E-state index >= 15 is 0 Å². The zero-order chi connectivity index (χ0) is 33.1. The topological polar surface area (TPSA) is 136 Å². The number of anilines is 1. The van der Waals surface area contributed by atoms with Gasteiger partial charge in [0.1, 0.15) is 11.5 Å². The summed E-state index contributed by atoms with van der Waals surface area (Å²) in [4.78, 5) is 25.5. The van der Waals surface area contributed by atoms with Crippen molar-refractivity contribution in [3.8, 4) is 11.5 Å². The predicted molar refractivity (Wildman–Crippen MR) is 178 cm³/mol. The van der Waals surface area contributed by atoms with Crippen LogP contribution in [0.2, 0.25) is 0 Å². The van der Waals surface area contributed by atoms with Crippen LogP contribution in [0.4, 0.5) is 5.69 Å². The number of para-hydroxylation sites is 1. The standard InChI is InChI=1S/C35H36N4O7S/c1-44-28-17-19-31(20-18-28)47(42,43)39(24-27-8-3-2-4-9-27)33-12-6-5-11-32(33)35(41)38-37-22-26-13-15-29(16-14-26)46-25-34(40)36-23-30-10-7-21-45-30/h2-6,8-9,11-20,22,30H,7,10,21,23-25H2,1H3,(H,36,40)(H,38,41)/b37-22-/t30-/m1/s1. The quantitative estimate of drug-likeness (QED) is 0.150. The zero-order valence-corrected chi connectivity index (χ0v) is 26.7. The third-order valence-corrected chi connectivity index (χ3v) is 9.19. The fourth-order valence-electron chi connectivity index (χ4n) is 4.92. The Morgan fingerprint density at radius 2 is 1.64 bits per heavy atom. The van der Waals surface area contributed by atoms with Gasteiger partial charge >= 0.3 is 0 Å². The number of nitrogens with one attached hydrogen (secondary N) is 2. The molecule has 1 aliphatic heterocycles. The lowest BCUT2D eigenvalue weighted by molar-refractivity contribution is -0.123. The van der Waals surface area contributed by atoms with E-state index in [1.807, 2.05) is 30.3 Å². The Balaban J connectivity index is 1.26. The molecular formula is C35H36N4O7S. The van der Waals surface area contributed by atoms with Crippen LogP contribution in [-0.2, 0) is 26.1 Å². The van der Waals surface area contributed by atoms with Gasteiger partial charge in [-0.1, -0.05) is 42.5 Å². The lowest BCUT2D eigenvalue weighted by Gasteiger charge is -2.26. The van der Waals surface area contributed by atoms with E-state index in [0.717, 1.165) is 25.0 Å².